The number of carbonyl (C=O) groups is 3. The summed E-state index contributed by atoms with van der Waals surface area (Å²) in [5.41, 5.74) is 7.98. The predicted octanol–water partition coefficient (Wildman–Crippen LogP) is 7.33. The summed E-state index contributed by atoms with van der Waals surface area (Å²) in [6.45, 7) is 20.3. The molecular weight excluding hydrogens is 396 g/mol. The molecule has 1 unspecified atom stereocenters. The van der Waals surface area contributed by atoms with Gasteiger partial charge in [-0.2, -0.15) is 0 Å². The SMILES string of the molecule is C=CCC1C(=O)CCc2cc(C)cc(C)c21.C=O.C=O.CC.CCCc1ccc(C)cc1.[HH]. The van der Waals surface area contributed by atoms with Gasteiger partial charge in [0.05, 0.1) is 0 Å². The number of fused-ring (bicyclic) bond motifs is 1. The molecule has 1 atom stereocenters. The van der Waals surface area contributed by atoms with Crippen LogP contribution in [0.3, 0.4) is 0 Å². The largest absolute Gasteiger partial charge is 0.307 e. The van der Waals surface area contributed by atoms with E-state index in [4.69, 9.17) is 9.59 Å². The molecule has 3 nitrogen and oxygen atoms in total. The second-order valence-electron chi connectivity index (χ2n) is 7.43. The minimum absolute atomic E-state index is 0. The molecule has 0 bridgehead atoms. The summed E-state index contributed by atoms with van der Waals surface area (Å²) in [6, 6.07) is 13.2. The highest BCUT2D eigenvalue weighted by molar-refractivity contribution is 5.88. The van der Waals surface area contributed by atoms with Crippen molar-refractivity contribution in [1.82, 2.24) is 0 Å². The standard InChI is InChI=1S/C15H18O.C10H14.C2H6.2CH2O.H2/c1-4-5-13-14(16)7-6-12-9-10(2)8-11(3)15(12)13;1-3-4-10-7-5-9(2)6-8-10;3*1-2;/h4,8-9,13H,1,5-7H2,2-3H3;5-8H,3-4H2,1-2H3;1-2H3;2*1H2;1H. The van der Waals surface area contributed by atoms with Crippen LogP contribution >= 0.6 is 0 Å². The van der Waals surface area contributed by atoms with Crippen molar-refractivity contribution in [3.05, 3.63) is 82.4 Å². The van der Waals surface area contributed by atoms with Gasteiger partial charge in [0.2, 0.25) is 0 Å². The van der Waals surface area contributed by atoms with Crippen LogP contribution in [-0.4, -0.2) is 19.4 Å². The van der Waals surface area contributed by atoms with Crippen LogP contribution in [0, 0.1) is 20.8 Å². The second-order valence-corrected chi connectivity index (χ2v) is 7.43. The van der Waals surface area contributed by atoms with Gasteiger partial charge in [-0.1, -0.05) is 80.8 Å². The second kappa shape index (κ2) is 18.9. The lowest BCUT2D eigenvalue weighted by Gasteiger charge is -2.26. The fourth-order valence-electron chi connectivity index (χ4n) is 3.82. The van der Waals surface area contributed by atoms with E-state index in [-0.39, 0.29) is 7.34 Å². The number of hydrogen-bond donors (Lipinski definition) is 0. The minimum atomic E-state index is 0. The average molecular weight is 441 g/mol. The van der Waals surface area contributed by atoms with Crippen LogP contribution in [0.4, 0.5) is 0 Å². The molecule has 2 aromatic rings. The molecule has 2 aromatic carbocycles. The highest BCUT2D eigenvalue weighted by atomic mass is 16.1. The molecule has 1 aliphatic rings. The maximum Gasteiger partial charge on any atom is 0.141 e. The van der Waals surface area contributed by atoms with Gasteiger partial charge in [-0.15, -0.1) is 6.58 Å². The van der Waals surface area contributed by atoms with Gasteiger partial charge in [0.25, 0.3) is 0 Å². The van der Waals surface area contributed by atoms with E-state index in [1.54, 1.807) is 0 Å². The molecule has 3 rings (SSSR count). The predicted molar refractivity (Wildman–Crippen MR) is 140 cm³/mol. The summed E-state index contributed by atoms with van der Waals surface area (Å²) in [5.74, 6) is 0.432. The summed E-state index contributed by atoms with van der Waals surface area (Å²) in [4.78, 5) is 27.9. The third-order valence-electron chi connectivity index (χ3n) is 5.06. The van der Waals surface area contributed by atoms with E-state index in [0.717, 1.165) is 12.8 Å². The zero-order chi connectivity index (χ0) is 25.1. The first kappa shape index (κ1) is 31.4. The fourth-order valence-corrected chi connectivity index (χ4v) is 3.82. The molecule has 0 spiro atoms. The first-order chi connectivity index (χ1) is 15.5. The first-order valence-electron chi connectivity index (χ1n) is 11.3. The van der Waals surface area contributed by atoms with Crippen molar-refractivity contribution in [3.63, 3.8) is 0 Å². The molecule has 0 aliphatic heterocycles. The Morgan fingerprint density at radius 1 is 0.938 bits per heavy atom. The van der Waals surface area contributed by atoms with E-state index in [0.29, 0.717) is 12.2 Å². The van der Waals surface area contributed by atoms with Crippen LogP contribution in [0.5, 0.6) is 0 Å². The lowest BCUT2D eigenvalue weighted by atomic mass is 9.77. The van der Waals surface area contributed by atoms with E-state index in [1.807, 2.05) is 33.5 Å². The number of rotatable bonds is 4. The highest BCUT2D eigenvalue weighted by Crippen LogP contribution is 2.34. The highest BCUT2D eigenvalue weighted by Gasteiger charge is 2.27. The summed E-state index contributed by atoms with van der Waals surface area (Å²) in [7, 11) is 0. The summed E-state index contributed by atoms with van der Waals surface area (Å²) >= 11 is 0. The molecule has 1 aliphatic carbocycles. The Bertz CT molecular complexity index is 795. The fraction of sp³-hybridized carbons (Fsp3) is 0.414. The zero-order valence-electron chi connectivity index (χ0n) is 21.0. The molecule has 0 N–H and O–H groups in total. The van der Waals surface area contributed by atoms with E-state index >= 15 is 0 Å². The van der Waals surface area contributed by atoms with Gasteiger partial charge in [0.15, 0.2) is 0 Å². The number of Topliss-reactive ketones (excluding diaryl/α,β-unsaturated/α-hetero) is 1. The lowest BCUT2D eigenvalue weighted by Crippen LogP contribution is -2.21. The Labute approximate surface area is 197 Å². The van der Waals surface area contributed by atoms with Gasteiger partial charge in [0.1, 0.15) is 19.4 Å². The number of allylic oxidation sites excluding steroid dienone is 1. The first-order valence-corrected chi connectivity index (χ1v) is 11.3. The third-order valence-corrected chi connectivity index (χ3v) is 5.06. The van der Waals surface area contributed by atoms with Crippen LogP contribution in [0.1, 0.15) is 80.8 Å². The summed E-state index contributed by atoms with van der Waals surface area (Å²) in [6.07, 6.45) is 6.68. The van der Waals surface area contributed by atoms with Crippen molar-refractivity contribution in [2.75, 3.05) is 0 Å². The molecular formula is C29H44O3. The van der Waals surface area contributed by atoms with E-state index < -0.39 is 0 Å². The average Bonchev–Trinajstić information content (AvgIpc) is 2.82. The van der Waals surface area contributed by atoms with Crippen molar-refractivity contribution < 1.29 is 15.8 Å². The normalized spacial score (nSPS) is 13.2. The molecule has 3 heteroatoms. The third kappa shape index (κ3) is 10.5. The van der Waals surface area contributed by atoms with Crippen molar-refractivity contribution in [3.8, 4) is 0 Å². The summed E-state index contributed by atoms with van der Waals surface area (Å²) in [5, 5.41) is 0. The van der Waals surface area contributed by atoms with Gasteiger partial charge in [0, 0.05) is 13.8 Å². The Kier molecular flexibility index (Phi) is 18.6. The maximum absolute atomic E-state index is 11.9. The smallest absolute Gasteiger partial charge is 0.141 e. The molecule has 0 aromatic heterocycles. The number of carbonyl (C=O) groups excluding carboxylic acids is 3. The van der Waals surface area contributed by atoms with Gasteiger partial charge < -0.3 is 9.59 Å². The summed E-state index contributed by atoms with van der Waals surface area (Å²) < 4.78 is 0. The van der Waals surface area contributed by atoms with E-state index in [9.17, 15) is 4.79 Å². The maximum atomic E-state index is 11.9. The monoisotopic (exact) mass is 440 g/mol. The van der Waals surface area contributed by atoms with Gasteiger partial charge in [-0.25, -0.2) is 0 Å². The van der Waals surface area contributed by atoms with E-state index in [1.165, 1.54) is 46.2 Å². The Morgan fingerprint density at radius 2 is 1.50 bits per heavy atom. The van der Waals surface area contributed by atoms with Gasteiger partial charge in [-0.05, 0) is 62.3 Å². The van der Waals surface area contributed by atoms with E-state index in [2.05, 4.69) is 70.7 Å². The van der Waals surface area contributed by atoms with Crippen LogP contribution in [0.2, 0.25) is 0 Å². The number of ketones is 1. The topological polar surface area (TPSA) is 51.2 Å². The Hall–Kier alpha value is -2.81. The van der Waals surface area contributed by atoms with Gasteiger partial charge >= 0.3 is 0 Å². The van der Waals surface area contributed by atoms with Crippen LogP contribution in [0.15, 0.2) is 49.1 Å². The molecule has 0 fully saturated rings. The molecule has 32 heavy (non-hydrogen) atoms. The quantitative estimate of drug-likeness (QED) is 0.468. The Balaban J connectivity index is -0.000000459. The minimum Gasteiger partial charge on any atom is -0.307 e. The van der Waals surface area contributed by atoms with Crippen LogP contribution < -0.4 is 0 Å². The molecule has 0 saturated carbocycles. The lowest BCUT2D eigenvalue weighted by molar-refractivity contribution is -0.120. The van der Waals surface area contributed by atoms with Crippen molar-refractivity contribution in [2.45, 2.75) is 79.6 Å². The van der Waals surface area contributed by atoms with Crippen LogP contribution in [-0.2, 0) is 27.2 Å². The molecule has 178 valence electrons. The number of aryl methyl sites for hydroxylation is 5. The van der Waals surface area contributed by atoms with Gasteiger partial charge in [-0.3, -0.25) is 4.79 Å². The van der Waals surface area contributed by atoms with Crippen molar-refractivity contribution in [1.29, 1.82) is 0 Å². The Morgan fingerprint density at radius 3 is 2.00 bits per heavy atom. The number of hydrogen-bond acceptors (Lipinski definition) is 3. The van der Waals surface area contributed by atoms with Crippen molar-refractivity contribution >= 4 is 19.4 Å². The molecule has 0 amide bonds. The molecule has 0 saturated heterocycles. The number of benzene rings is 2. The molecule has 0 heterocycles. The zero-order valence-corrected chi connectivity index (χ0v) is 21.0. The van der Waals surface area contributed by atoms with Crippen molar-refractivity contribution in [2.24, 2.45) is 0 Å². The molecule has 0 radical (unpaired) electrons. The van der Waals surface area contributed by atoms with Crippen LogP contribution in [0.25, 0.3) is 0 Å².